The highest BCUT2D eigenvalue weighted by molar-refractivity contribution is 5.67. The normalized spacial score (nSPS) is 15.3. The van der Waals surface area contributed by atoms with Crippen molar-refractivity contribution in [1.29, 1.82) is 0 Å². The van der Waals surface area contributed by atoms with E-state index in [1.807, 2.05) is 69.2 Å². The quantitative estimate of drug-likeness (QED) is 0.0636. The van der Waals surface area contributed by atoms with Gasteiger partial charge < -0.3 is 53.2 Å². The number of aliphatic hydroxyl groups excluding tert-OH is 1. The highest BCUT2D eigenvalue weighted by Crippen LogP contribution is 2.08. The Morgan fingerprint density at radius 2 is 0.724 bits per heavy atom. The smallest absolute Gasteiger partial charge is 0.303 e. The van der Waals surface area contributed by atoms with Crippen LogP contribution in [0.25, 0.3) is 0 Å². The molecule has 0 aromatic heterocycles. The third-order valence-electron chi connectivity index (χ3n) is 7.81. The molecule has 0 aromatic rings. The van der Waals surface area contributed by atoms with Gasteiger partial charge in [0.15, 0.2) is 6.29 Å². The Hall–Kier alpha value is -1.42. The van der Waals surface area contributed by atoms with Crippen molar-refractivity contribution in [2.45, 2.75) is 162 Å². The number of aliphatic hydroxyl groups is 1. The van der Waals surface area contributed by atoms with Gasteiger partial charge in [-0.05, 0) is 84.5 Å². The summed E-state index contributed by atoms with van der Waals surface area (Å²) in [6, 6.07) is 0. The maximum absolute atomic E-state index is 10.1. The molecule has 0 spiro atoms. The first-order chi connectivity index (χ1) is 27.5. The first-order valence-electron chi connectivity index (χ1n) is 22.3. The van der Waals surface area contributed by atoms with Gasteiger partial charge >= 0.3 is 11.9 Å². The van der Waals surface area contributed by atoms with Gasteiger partial charge in [-0.15, -0.1) is 0 Å². The van der Waals surface area contributed by atoms with Gasteiger partial charge in [0, 0.05) is 79.3 Å². The number of carbonyl (C=O) groups is 2. The first kappa shape index (κ1) is 68.3. The van der Waals surface area contributed by atoms with Gasteiger partial charge in [0.05, 0.1) is 25.6 Å². The molecular weight excluding hydrogens is 748 g/mol. The second-order valence-corrected chi connectivity index (χ2v) is 14.2. The average molecular weight is 847 g/mol. The molecule has 1 heterocycles. The number of hydrogen-bond donors (Lipinski definition) is 3. The van der Waals surface area contributed by atoms with Gasteiger partial charge in [-0.3, -0.25) is 9.59 Å². The maximum Gasteiger partial charge on any atom is 0.303 e. The Bertz CT molecular complexity index is 674. The molecule has 3 N–H and O–H groups in total. The molecule has 58 heavy (non-hydrogen) atoms. The lowest BCUT2D eigenvalue weighted by atomic mass is 10.1. The summed E-state index contributed by atoms with van der Waals surface area (Å²) in [5, 5.41) is 25.5. The number of carboxylic acid groups (broad SMARTS) is 2. The van der Waals surface area contributed by atoms with E-state index >= 15 is 0 Å². The minimum absolute atomic E-state index is 0.123. The third kappa shape index (κ3) is 78.8. The molecule has 1 fully saturated rings. The highest BCUT2D eigenvalue weighted by Gasteiger charge is 2.21. The van der Waals surface area contributed by atoms with E-state index in [0.29, 0.717) is 39.6 Å². The molecule has 7 atom stereocenters. The average Bonchev–Trinajstić information content (AvgIpc) is 4.03. The van der Waals surface area contributed by atoms with Crippen molar-refractivity contribution in [2.24, 2.45) is 29.6 Å². The topological polar surface area (TPSA) is 172 Å². The van der Waals surface area contributed by atoms with Crippen LogP contribution in [-0.4, -0.2) is 132 Å². The lowest BCUT2D eigenvalue weighted by Gasteiger charge is -2.06. The minimum atomic E-state index is -0.757. The molecular formula is C45H98O13. The summed E-state index contributed by atoms with van der Waals surface area (Å²) in [5.41, 5.74) is 0. The molecule has 0 aromatic carbocycles. The van der Waals surface area contributed by atoms with Crippen LogP contribution < -0.4 is 0 Å². The van der Waals surface area contributed by atoms with Crippen molar-refractivity contribution in [2.75, 3.05) is 92.5 Å². The van der Waals surface area contributed by atoms with Crippen molar-refractivity contribution in [3.8, 4) is 0 Å². The number of aliphatic carboxylic acids is 2. The monoisotopic (exact) mass is 847 g/mol. The molecule has 356 valence electrons. The summed E-state index contributed by atoms with van der Waals surface area (Å²) >= 11 is 0. The summed E-state index contributed by atoms with van der Waals surface area (Å²) in [6.45, 7) is 43.1. The van der Waals surface area contributed by atoms with E-state index in [1.54, 1.807) is 0 Å². The molecule has 13 nitrogen and oxygen atoms in total. The molecule has 1 aliphatic heterocycles. The van der Waals surface area contributed by atoms with Crippen LogP contribution in [0.1, 0.15) is 149 Å². The van der Waals surface area contributed by atoms with Crippen LogP contribution >= 0.6 is 0 Å². The van der Waals surface area contributed by atoms with Gasteiger partial charge in [-0.1, -0.05) is 81.6 Å². The fraction of sp³-hybridized carbons (Fsp3) is 0.956. The summed E-state index contributed by atoms with van der Waals surface area (Å²) in [7, 11) is 0. The fourth-order valence-electron chi connectivity index (χ4n) is 3.36. The lowest BCUT2D eigenvalue weighted by molar-refractivity contribution is -0.139. The van der Waals surface area contributed by atoms with Crippen LogP contribution in [-0.2, 0) is 47.5 Å². The van der Waals surface area contributed by atoms with Gasteiger partial charge in [-0.2, -0.15) is 0 Å². The van der Waals surface area contributed by atoms with Gasteiger partial charge in [0.2, 0.25) is 0 Å². The first-order valence-corrected chi connectivity index (χ1v) is 22.3. The maximum atomic E-state index is 10.1. The third-order valence-corrected chi connectivity index (χ3v) is 7.81. The van der Waals surface area contributed by atoms with Crippen LogP contribution in [0.15, 0.2) is 0 Å². The highest BCUT2D eigenvalue weighted by atomic mass is 16.8. The number of epoxide rings is 1. The summed E-state index contributed by atoms with van der Waals surface area (Å²) in [6.07, 6.45) is 4.71. The Morgan fingerprint density at radius 3 is 0.897 bits per heavy atom. The standard InChI is InChI=1S/2C7H14O3.3C7H16O.C6H14O2.C4H8O2/c2*1-3-10-5-6(2)4-7(8)9;3*1-4-7(3)6-8-5-2;1-3-6(7)5-8-4-2;1-2-5-4-3-6-4/h2*6H,3-5H2,1-2H3,(H,8,9);3*7H,4-6H2,1-3H3;6-7H,3-5H2,1-2H3;4H,2-3H2,1H3/t2*6-;3*7-;6-;4-/m0000000/s1. The second-order valence-electron chi connectivity index (χ2n) is 14.2. The zero-order valence-corrected chi connectivity index (χ0v) is 40.6. The molecule has 1 saturated heterocycles. The zero-order valence-electron chi connectivity index (χ0n) is 40.6. The lowest BCUT2D eigenvalue weighted by Crippen LogP contribution is -2.13. The molecule has 0 amide bonds. The molecule has 0 radical (unpaired) electrons. The Kier molecular flexibility index (Phi) is 67.9. The number of rotatable bonds is 28. The SMILES string of the molecule is CCOC[C@@H](C)CC.CCOC[C@@H](C)CC.CCOC[C@@H](C)CC.CCOC[C@@H](C)CC(=O)O.CCOC[C@@H](C)CC(=O)O.CCOC[C@@H](O)CC.CCO[C@@H]1CO1. The zero-order chi connectivity index (χ0) is 46.0. The Morgan fingerprint density at radius 1 is 0.466 bits per heavy atom. The van der Waals surface area contributed by atoms with E-state index in [4.69, 9.17) is 53.2 Å². The van der Waals surface area contributed by atoms with Crippen molar-refractivity contribution < 1.29 is 62.8 Å². The van der Waals surface area contributed by atoms with Crippen LogP contribution in [0.4, 0.5) is 0 Å². The Balaban J connectivity index is -0.000000137. The van der Waals surface area contributed by atoms with E-state index in [-0.39, 0.29) is 37.1 Å². The largest absolute Gasteiger partial charge is 0.481 e. The molecule has 0 bridgehead atoms. The molecule has 1 aliphatic rings. The van der Waals surface area contributed by atoms with Crippen LogP contribution in [0.3, 0.4) is 0 Å². The fourth-order valence-corrected chi connectivity index (χ4v) is 3.36. The van der Waals surface area contributed by atoms with Gasteiger partial charge in [0.25, 0.3) is 0 Å². The minimum Gasteiger partial charge on any atom is -0.481 e. The van der Waals surface area contributed by atoms with Crippen LogP contribution in [0.2, 0.25) is 0 Å². The Labute approximate surface area is 357 Å². The summed E-state index contributed by atoms with van der Waals surface area (Å²) in [5.74, 6) is 0.925. The second kappa shape index (κ2) is 57.7. The van der Waals surface area contributed by atoms with Crippen molar-refractivity contribution in [3.05, 3.63) is 0 Å². The summed E-state index contributed by atoms with van der Waals surface area (Å²) in [4.78, 5) is 20.2. The van der Waals surface area contributed by atoms with E-state index in [1.165, 1.54) is 19.3 Å². The van der Waals surface area contributed by atoms with Crippen LogP contribution in [0.5, 0.6) is 0 Å². The molecule has 0 unspecified atom stereocenters. The van der Waals surface area contributed by atoms with E-state index in [0.717, 1.165) is 77.0 Å². The number of carboxylic acids is 2. The predicted octanol–water partition coefficient (Wildman–Crippen LogP) is 9.65. The van der Waals surface area contributed by atoms with E-state index in [2.05, 4.69) is 41.5 Å². The molecule has 1 rings (SSSR count). The number of hydrogen-bond acceptors (Lipinski definition) is 11. The van der Waals surface area contributed by atoms with Crippen molar-refractivity contribution in [1.82, 2.24) is 0 Å². The molecule has 13 heteroatoms. The van der Waals surface area contributed by atoms with Crippen molar-refractivity contribution in [3.63, 3.8) is 0 Å². The van der Waals surface area contributed by atoms with Crippen LogP contribution in [0, 0.1) is 29.6 Å². The van der Waals surface area contributed by atoms with Gasteiger partial charge in [-0.25, -0.2) is 0 Å². The van der Waals surface area contributed by atoms with Gasteiger partial charge in [0.1, 0.15) is 6.61 Å². The summed E-state index contributed by atoms with van der Waals surface area (Å²) < 4.78 is 40.2. The molecule has 0 aliphatic carbocycles. The molecule has 0 saturated carbocycles. The van der Waals surface area contributed by atoms with E-state index < -0.39 is 11.9 Å². The number of ether oxygens (including phenoxy) is 8. The van der Waals surface area contributed by atoms with Crippen molar-refractivity contribution >= 4 is 11.9 Å². The predicted molar refractivity (Wildman–Crippen MR) is 238 cm³/mol. The van der Waals surface area contributed by atoms with E-state index in [9.17, 15) is 9.59 Å².